The third kappa shape index (κ3) is 17.9. The number of para-hydroxylation sites is 4. The number of nitrogen functional groups attached to an aromatic ring is 4. The molecule has 0 saturated carbocycles. The van der Waals surface area contributed by atoms with Crippen LogP contribution >= 0.6 is 11.6 Å². The topological polar surface area (TPSA) is 465 Å². The average molecular weight is 2020 g/mol. The lowest BCUT2D eigenvalue weighted by atomic mass is 10.0. The van der Waals surface area contributed by atoms with Crippen molar-refractivity contribution in [2.75, 3.05) is 57.0 Å². The van der Waals surface area contributed by atoms with Crippen LogP contribution in [0.1, 0.15) is 85.0 Å². The van der Waals surface area contributed by atoms with Gasteiger partial charge in [0.25, 0.3) is 11.1 Å². The lowest BCUT2D eigenvalue weighted by molar-refractivity contribution is 0.0506. The van der Waals surface area contributed by atoms with Crippen LogP contribution < -0.4 is 43.5 Å². The summed E-state index contributed by atoms with van der Waals surface area (Å²) in [6.45, 7) is 5.98. The zero-order valence-corrected chi connectivity index (χ0v) is 80.4. The largest absolute Gasteiger partial charge is 0.481 e. The van der Waals surface area contributed by atoms with Crippen LogP contribution in [0, 0.1) is 23.3 Å². The van der Waals surface area contributed by atoms with Crippen LogP contribution in [-0.4, -0.2) is 122 Å². The van der Waals surface area contributed by atoms with Crippen molar-refractivity contribution in [1.82, 2.24) is 58.6 Å². The first-order valence-corrected chi connectivity index (χ1v) is 47.0. The molecule has 16 heterocycles. The highest BCUT2D eigenvalue weighted by Crippen LogP contribution is 2.49. The highest BCUT2D eigenvalue weighted by atomic mass is 35.5. The first-order valence-electron chi connectivity index (χ1n) is 46.5. The Bertz CT molecular complexity index is 9610. The summed E-state index contributed by atoms with van der Waals surface area (Å²) in [5, 5.41) is 16.8. The molecule has 16 aromatic heterocycles. The molecule has 0 amide bonds. The standard InChI is InChI=1S/C29H23FN4O4.C28H21FN4O4.C26H17FN4O4.C19H15FN2O4.C10H9ClN2/c1-3-37-29(35)26-24(19-8-6-11-32-28(19)36-2)25-22(14-20(30)18-10-12-38-27(18)25)34(26)15-16-13-23(31)33-21-9-5-4-7-17(16)21;1-2-36-28(35)25-23(18-7-5-10-31-27(18)34)24-21(13-19(29)17-9-11-37-26(17)24)33(25)14-15-12-22(30)32-20-8-4-3-6-16(15)20;27-17-11-19-22(24-15(17)7-9-35-24)21(16-5-3-8-29-25(16)32)23(26(33)34)31(19)12-13-10-20(28)30-18-6-2-1-4-14(13)18;1-3-25-19(23)16-14(11-5-4-7-21-18(11)24-2)15-13(22-16)9-12(20)10-6-8-26-17(10)15;11-6-7-5-10(12)13-9-4-2-1-3-8(7)9/h4-14H,3,15H2,1-2H3,(H2,31,33);3-13H,2,14H2,1H3,(H2,30,32)(H,31,34);1-11H,12H2,(H2,28,30)(H,29,32)(H,33,34);4-9,22H,3H2,1-2H3;1-5H,6H2,(H2,12,13). The van der Waals surface area contributed by atoms with Crippen LogP contribution in [-0.2, 0) is 39.7 Å². The molecule has 37 heteroatoms. The number of halogens is 5. The molecule has 0 spiro atoms. The summed E-state index contributed by atoms with van der Waals surface area (Å²) in [6.07, 6.45) is 11.7. The molecule has 0 atom stereocenters. The number of carbonyl (C=O) groups is 4. The molecule has 24 rings (SSSR count). The van der Waals surface area contributed by atoms with E-state index in [4.69, 9.17) is 75.9 Å². The summed E-state index contributed by atoms with van der Waals surface area (Å²) in [5.41, 5.74) is 35.1. The number of alkyl halides is 1. The number of nitrogens with one attached hydrogen (secondary N) is 3. The number of H-pyrrole nitrogens is 3. The average Bonchev–Trinajstić information content (AvgIpc) is 1.58. The van der Waals surface area contributed by atoms with Gasteiger partial charge in [0.05, 0.1) is 157 Å². The maximum atomic E-state index is 15.4. The van der Waals surface area contributed by atoms with E-state index in [0.717, 1.165) is 43.8 Å². The van der Waals surface area contributed by atoms with Crippen molar-refractivity contribution in [2.45, 2.75) is 46.3 Å². The molecule has 24 aromatic rings. The van der Waals surface area contributed by atoms with Crippen LogP contribution in [0.4, 0.5) is 40.8 Å². The maximum absolute atomic E-state index is 15.4. The van der Waals surface area contributed by atoms with Gasteiger partial charge in [0, 0.05) is 105 Å². The molecule has 0 unspecified atom stereocenters. The summed E-state index contributed by atoms with van der Waals surface area (Å²) in [5.74, 6) is -2.50. The number of fused-ring (bicyclic) bond motifs is 16. The quantitative estimate of drug-likeness (QED) is 0.0152. The molecular formula is C112H85ClF4N16O16. The number of carbonyl (C=O) groups excluding carboxylic acids is 3. The third-order valence-corrected chi connectivity index (χ3v) is 25.6. The second-order valence-corrected chi connectivity index (χ2v) is 34.2. The van der Waals surface area contributed by atoms with Gasteiger partial charge in [-0.05, 0) is 189 Å². The van der Waals surface area contributed by atoms with Gasteiger partial charge in [-0.3, -0.25) is 9.59 Å². The van der Waals surface area contributed by atoms with Gasteiger partial charge in [-0.15, -0.1) is 11.6 Å². The number of aromatic nitrogens is 12. The number of furan rings is 4. The van der Waals surface area contributed by atoms with E-state index in [-0.39, 0.29) is 112 Å². The highest BCUT2D eigenvalue weighted by molar-refractivity contribution is 6.22. The Morgan fingerprint density at radius 3 is 1.07 bits per heavy atom. The number of ether oxygens (including phenoxy) is 5. The summed E-state index contributed by atoms with van der Waals surface area (Å²) < 4.78 is 115. The summed E-state index contributed by atoms with van der Waals surface area (Å²) in [7, 11) is 3.00. The molecular weight excluding hydrogens is 1940 g/mol. The Morgan fingerprint density at radius 1 is 0.383 bits per heavy atom. The molecule has 744 valence electrons. The lowest BCUT2D eigenvalue weighted by Crippen LogP contribution is -2.16. The van der Waals surface area contributed by atoms with Gasteiger partial charge < -0.3 is 98.0 Å². The number of benzene rings is 8. The Morgan fingerprint density at radius 2 is 0.705 bits per heavy atom. The maximum Gasteiger partial charge on any atom is 0.355 e. The smallest absolute Gasteiger partial charge is 0.355 e. The molecule has 0 bridgehead atoms. The van der Waals surface area contributed by atoms with E-state index >= 15 is 13.2 Å². The molecule has 0 fully saturated rings. The van der Waals surface area contributed by atoms with Gasteiger partial charge in [-0.2, -0.15) is 0 Å². The van der Waals surface area contributed by atoms with Crippen molar-refractivity contribution >= 4 is 190 Å². The minimum Gasteiger partial charge on any atom is -0.481 e. The van der Waals surface area contributed by atoms with Crippen LogP contribution in [0.25, 0.3) is 176 Å². The molecule has 32 nitrogen and oxygen atoms in total. The summed E-state index contributed by atoms with van der Waals surface area (Å²) in [6, 6.07) is 62.1. The fourth-order valence-electron chi connectivity index (χ4n) is 19.2. The van der Waals surface area contributed by atoms with Crippen LogP contribution in [0.15, 0.2) is 295 Å². The summed E-state index contributed by atoms with van der Waals surface area (Å²) in [4.78, 5) is 112. The van der Waals surface area contributed by atoms with Crippen LogP contribution in [0.5, 0.6) is 11.8 Å². The Kier molecular flexibility index (Phi) is 26.6. The predicted molar refractivity (Wildman–Crippen MR) is 561 cm³/mol. The molecule has 0 aliphatic carbocycles. The zero-order valence-electron chi connectivity index (χ0n) is 79.6. The molecule has 0 aliphatic heterocycles. The van der Waals surface area contributed by atoms with E-state index in [1.807, 2.05) is 103 Å². The lowest BCUT2D eigenvalue weighted by Gasteiger charge is -2.14. The van der Waals surface area contributed by atoms with Crippen LogP contribution in [0.2, 0.25) is 0 Å². The number of nitrogens with two attached hydrogens (primary N) is 4. The number of anilines is 4. The van der Waals surface area contributed by atoms with Crippen LogP contribution in [0.3, 0.4) is 0 Å². The minimum atomic E-state index is -1.27. The van der Waals surface area contributed by atoms with E-state index in [9.17, 15) is 38.3 Å². The number of aromatic amines is 3. The van der Waals surface area contributed by atoms with Gasteiger partial charge in [-0.1, -0.05) is 72.8 Å². The van der Waals surface area contributed by atoms with Crippen molar-refractivity contribution in [1.29, 1.82) is 0 Å². The second kappa shape index (κ2) is 40.8. The Hall–Kier alpha value is -19.4. The number of esters is 3. The fraction of sp³-hybridized carbons (Fsp3) is 0.107. The normalized spacial score (nSPS) is 11.4. The van der Waals surface area contributed by atoms with Crippen molar-refractivity contribution in [2.24, 2.45) is 0 Å². The number of pyridine rings is 8. The van der Waals surface area contributed by atoms with E-state index in [1.165, 1.54) is 98.7 Å². The molecule has 0 saturated heterocycles. The number of aromatic carboxylic acids is 1. The van der Waals surface area contributed by atoms with Crippen molar-refractivity contribution in [3.8, 4) is 56.3 Å². The zero-order chi connectivity index (χ0) is 104. The molecule has 12 N–H and O–H groups in total. The SMILES string of the molecule is CCOC(=O)c1[nH]c2cc(F)c3ccoc3c2c1-c1cccnc1OC.CCOC(=O)c1c(-c2ccc[nH]c2=O)c2c3occc3c(F)cc2n1Cc1cc(N)nc2ccccc12.CCOC(=O)c1c(-c2cccnc2OC)c2c3occc3c(F)cc2n1Cc1cc(N)nc2ccccc12.Nc1cc(CCl)c2ccccc2n1.Nc1cc(Cn2c(C(=O)O)c(-c3ccc[nH]c3=O)c3c4occc4c(F)cc32)c2ccccc2n1. The Balaban J connectivity index is 0.000000116. The van der Waals surface area contributed by atoms with Crippen molar-refractivity contribution in [3.05, 3.63) is 357 Å². The fourth-order valence-corrected chi connectivity index (χ4v) is 19.5. The van der Waals surface area contributed by atoms with Gasteiger partial charge in [-0.25, -0.2) is 66.6 Å². The summed E-state index contributed by atoms with van der Waals surface area (Å²) >= 11 is 5.79. The monoisotopic (exact) mass is 2020 g/mol. The number of rotatable bonds is 20. The molecule has 0 radical (unpaired) electrons. The third-order valence-electron chi connectivity index (χ3n) is 25.3. The number of hydrogen-bond donors (Lipinski definition) is 8. The number of carboxylic acid groups (broad SMARTS) is 1. The number of hydrogen-bond acceptors (Lipinski definition) is 25. The van der Waals surface area contributed by atoms with Gasteiger partial charge in [0.2, 0.25) is 11.8 Å². The predicted octanol–water partition coefficient (Wildman–Crippen LogP) is 22.8. The number of nitrogens with zero attached hydrogens (tertiary/aromatic N) is 9. The highest BCUT2D eigenvalue weighted by Gasteiger charge is 2.36. The Labute approximate surface area is 843 Å². The van der Waals surface area contributed by atoms with E-state index in [0.29, 0.717) is 145 Å². The first kappa shape index (κ1) is 97.1. The second-order valence-electron chi connectivity index (χ2n) is 33.9. The minimum absolute atomic E-state index is 0.0434. The first-order chi connectivity index (χ1) is 72.4. The van der Waals surface area contributed by atoms with Crippen molar-refractivity contribution in [3.63, 3.8) is 0 Å². The van der Waals surface area contributed by atoms with E-state index in [2.05, 4.69) is 44.9 Å². The van der Waals surface area contributed by atoms with Gasteiger partial charge in [0.1, 0.15) is 91.6 Å². The number of methoxy groups -OCH3 is 2. The van der Waals surface area contributed by atoms with Gasteiger partial charge >= 0.3 is 23.9 Å². The van der Waals surface area contributed by atoms with Crippen molar-refractivity contribution < 1.29 is 83.2 Å². The molecule has 0 aliphatic rings. The number of carboxylic acids is 1. The molecule has 149 heavy (non-hydrogen) atoms. The van der Waals surface area contributed by atoms with E-state index < -0.39 is 58.3 Å². The van der Waals surface area contributed by atoms with E-state index in [1.54, 1.807) is 115 Å². The molecule has 8 aromatic carbocycles. The van der Waals surface area contributed by atoms with Gasteiger partial charge in [0.15, 0.2) is 0 Å².